The fraction of sp³-hybridized carbons (Fsp3) is 0.0667. The van der Waals surface area contributed by atoms with Crippen molar-refractivity contribution < 1.29 is 9.00 Å². The Kier molecular flexibility index (Phi) is 4.24. The van der Waals surface area contributed by atoms with Gasteiger partial charge in [0.15, 0.2) is 5.82 Å². The van der Waals surface area contributed by atoms with Gasteiger partial charge in [0, 0.05) is 33.7 Å². The highest BCUT2D eigenvalue weighted by atomic mass is 32.2. The Labute approximate surface area is 134 Å². The zero-order chi connectivity index (χ0) is 16.2. The van der Waals surface area contributed by atoms with Gasteiger partial charge >= 0.3 is 0 Å². The van der Waals surface area contributed by atoms with Crippen LogP contribution in [0.3, 0.4) is 0 Å². The molecular formula is C15H13N5O2S. The van der Waals surface area contributed by atoms with E-state index in [1.54, 1.807) is 48.9 Å². The van der Waals surface area contributed by atoms with E-state index in [0.29, 0.717) is 22.0 Å². The van der Waals surface area contributed by atoms with Crippen molar-refractivity contribution in [3.8, 4) is 11.5 Å². The predicted octanol–water partition coefficient (Wildman–Crippen LogP) is 1.86. The predicted molar refractivity (Wildman–Crippen MR) is 86.3 cm³/mol. The van der Waals surface area contributed by atoms with Gasteiger partial charge in [0.2, 0.25) is 5.95 Å². The van der Waals surface area contributed by atoms with Gasteiger partial charge in [-0.2, -0.15) is 4.98 Å². The summed E-state index contributed by atoms with van der Waals surface area (Å²) in [5, 5.41) is 9.27. The van der Waals surface area contributed by atoms with E-state index in [0.717, 1.165) is 0 Å². The van der Waals surface area contributed by atoms with E-state index >= 15 is 0 Å². The summed E-state index contributed by atoms with van der Waals surface area (Å²) in [6.45, 7) is 0. The van der Waals surface area contributed by atoms with E-state index in [4.69, 9.17) is 0 Å². The maximum Gasteiger partial charge on any atom is 0.258 e. The molecule has 0 saturated carbocycles. The number of rotatable bonds is 4. The molecule has 0 aliphatic carbocycles. The van der Waals surface area contributed by atoms with E-state index in [2.05, 4.69) is 25.5 Å². The number of anilines is 1. The van der Waals surface area contributed by atoms with Crippen LogP contribution in [0.15, 0.2) is 53.6 Å². The van der Waals surface area contributed by atoms with E-state index in [1.807, 2.05) is 6.07 Å². The van der Waals surface area contributed by atoms with Gasteiger partial charge in [-0.15, -0.1) is 5.10 Å². The quantitative estimate of drug-likeness (QED) is 0.761. The number of hydrogen-bond donors (Lipinski definition) is 2. The number of aromatic amines is 1. The van der Waals surface area contributed by atoms with Crippen molar-refractivity contribution in [3.05, 3.63) is 54.2 Å². The Morgan fingerprint density at radius 1 is 1.17 bits per heavy atom. The van der Waals surface area contributed by atoms with Gasteiger partial charge in [0.25, 0.3) is 5.91 Å². The lowest BCUT2D eigenvalue weighted by Crippen LogP contribution is -2.13. The molecule has 116 valence electrons. The second kappa shape index (κ2) is 6.49. The van der Waals surface area contributed by atoms with Gasteiger partial charge in [0.05, 0.1) is 0 Å². The molecule has 0 bridgehead atoms. The van der Waals surface area contributed by atoms with Crippen LogP contribution in [0.5, 0.6) is 0 Å². The maximum absolute atomic E-state index is 12.1. The van der Waals surface area contributed by atoms with Gasteiger partial charge in [-0.05, 0) is 36.4 Å². The van der Waals surface area contributed by atoms with Crippen LogP contribution in [0.4, 0.5) is 5.95 Å². The first-order valence-electron chi connectivity index (χ1n) is 6.72. The van der Waals surface area contributed by atoms with Crippen molar-refractivity contribution in [3.63, 3.8) is 0 Å². The number of nitrogens with one attached hydrogen (secondary N) is 2. The third-order valence-corrected chi connectivity index (χ3v) is 4.00. The monoisotopic (exact) mass is 327 g/mol. The molecule has 3 aromatic rings. The number of carbonyl (C=O) groups excluding carboxylic acids is 1. The van der Waals surface area contributed by atoms with Crippen LogP contribution in [-0.4, -0.2) is 36.5 Å². The standard InChI is InChI=1S/C15H13N5O2S/c1-23(22)11-7-5-10(6-8-11)14(21)18-15-17-13(19-20-15)12-4-2-3-9-16-12/h2-9H,1H3,(H2,17,18,19,20,21). The molecule has 2 N–H and O–H groups in total. The molecule has 2 aromatic heterocycles. The molecule has 1 amide bonds. The van der Waals surface area contributed by atoms with Gasteiger partial charge in [-0.3, -0.25) is 24.4 Å². The molecule has 0 radical (unpaired) electrons. The van der Waals surface area contributed by atoms with E-state index < -0.39 is 10.8 Å². The molecule has 7 nitrogen and oxygen atoms in total. The molecule has 2 heterocycles. The lowest BCUT2D eigenvalue weighted by atomic mass is 10.2. The fourth-order valence-electron chi connectivity index (χ4n) is 1.91. The van der Waals surface area contributed by atoms with Crippen LogP contribution in [-0.2, 0) is 10.8 Å². The van der Waals surface area contributed by atoms with Crippen molar-refractivity contribution in [2.45, 2.75) is 4.90 Å². The number of amides is 1. The summed E-state index contributed by atoms with van der Waals surface area (Å²) >= 11 is 0. The zero-order valence-corrected chi connectivity index (χ0v) is 13.0. The molecule has 8 heteroatoms. The second-order valence-electron chi connectivity index (χ2n) is 4.66. The zero-order valence-electron chi connectivity index (χ0n) is 12.2. The highest BCUT2D eigenvalue weighted by molar-refractivity contribution is 7.84. The molecule has 1 unspecified atom stereocenters. The second-order valence-corrected chi connectivity index (χ2v) is 6.03. The van der Waals surface area contributed by atoms with E-state index in [1.165, 1.54) is 0 Å². The SMILES string of the molecule is CS(=O)c1ccc(C(=O)Nc2n[nH]c(-c3ccccn3)n2)cc1. The molecule has 0 aliphatic rings. The molecule has 23 heavy (non-hydrogen) atoms. The minimum absolute atomic E-state index is 0.166. The van der Waals surface area contributed by atoms with Crippen molar-refractivity contribution in [1.29, 1.82) is 0 Å². The van der Waals surface area contributed by atoms with Gasteiger partial charge in [0.1, 0.15) is 5.69 Å². The van der Waals surface area contributed by atoms with Crippen molar-refractivity contribution in [2.24, 2.45) is 0 Å². The van der Waals surface area contributed by atoms with Crippen LogP contribution in [0.1, 0.15) is 10.4 Å². The molecular weight excluding hydrogens is 314 g/mol. The summed E-state index contributed by atoms with van der Waals surface area (Å²) in [4.78, 5) is 21.1. The van der Waals surface area contributed by atoms with E-state index in [9.17, 15) is 9.00 Å². The lowest BCUT2D eigenvalue weighted by Gasteiger charge is -2.02. The van der Waals surface area contributed by atoms with Gasteiger partial charge in [-0.25, -0.2) is 0 Å². The highest BCUT2D eigenvalue weighted by Gasteiger charge is 2.11. The summed E-state index contributed by atoms with van der Waals surface area (Å²) in [5.74, 6) is 0.293. The Morgan fingerprint density at radius 3 is 2.61 bits per heavy atom. The first-order chi connectivity index (χ1) is 11.1. The number of H-pyrrole nitrogens is 1. The van der Waals surface area contributed by atoms with Crippen LogP contribution in [0.2, 0.25) is 0 Å². The topological polar surface area (TPSA) is 101 Å². The Balaban J connectivity index is 1.73. The number of pyridine rings is 1. The molecule has 1 atom stereocenters. The smallest absolute Gasteiger partial charge is 0.258 e. The van der Waals surface area contributed by atoms with Crippen molar-refractivity contribution in [1.82, 2.24) is 20.2 Å². The highest BCUT2D eigenvalue weighted by Crippen LogP contribution is 2.13. The molecule has 3 rings (SSSR count). The van der Waals surface area contributed by atoms with Crippen LogP contribution in [0.25, 0.3) is 11.5 Å². The molecule has 1 aromatic carbocycles. The summed E-state index contributed by atoms with van der Waals surface area (Å²) in [6.07, 6.45) is 3.23. The first-order valence-corrected chi connectivity index (χ1v) is 8.28. The summed E-state index contributed by atoms with van der Waals surface area (Å²) in [7, 11) is -1.07. The van der Waals surface area contributed by atoms with Gasteiger partial charge < -0.3 is 0 Å². The lowest BCUT2D eigenvalue weighted by molar-refractivity contribution is 0.102. The maximum atomic E-state index is 12.1. The van der Waals surface area contributed by atoms with Gasteiger partial charge in [-0.1, -0.05) is 6.07 Å². The number of hydrogen-bond acceptors (Lipinski definition) is 5. The Morgan fingerprint density at radius 2 is 1.96 bits per heavy atom. The largest absolute Gasteiger partial charge is 0.289 e. The summed E-state index contributed by atoms with van der Waals surface area (Å²) < 4.78 is 11.3. The average molecular weight is 327 g/mol. The number of nitrogens with zero attached hydrogens (tertiary/aromatic N) is 3. The van der Waals surface area contributed by atoms with E-state index in [-0.39, 0.29) is 11.9 Å². The minimum atomic E-state index is -1.07. The van der Waals surface area contributed by atoms with Crippen LogP contribution >= 0.6 is 0 Å². The third kappa shape index (κ3) is 3.49. The van der Waals surface area contributed by atoms with Crippen molar-refractivity contribution >= 4 is 22.7 Å². The number of aromatic nitrogens is 4. The molecule has 0 saturated heterocycles. The van der Waals surface area contributed by atoms with Crippen LogP contribution in [0, 0.1) is 0 Å². The summed E-state index contributed by atoms with van der Waals surface area (Å²) in [6, 6.07) is 12.0. The third-order valence-electron chi connectivity index (χ3n) is 3.07. The van der Waals surface area contributed by atoms with Crippen molar-refractivity contribution in [2.75, 3.05) is 11.6 Å². The average Bonchev–Trinajstić information content (AvgIpc) is 3.04. The first kappa shape index (κ1) is 15.0. The molecule has 0 spiro atoms. The number of carbonyl (C=O) groups is 1. The Hall–Kier alpha value is -2.87. The van der Waals surface area contributed by atoms with Crippen LogP contribution < -0.4 is 5.32 Å². The molecule has 0 fully saturated rings. The normalized spacial score (nSPS) is 11.9. The molecule has 0 aliphatic heterocycles. The fourth-order valence-corrected chi connectivity index (χ4v) is 2.43. The number of benzene rings is 1. The minimum Gasteiger partial charge on any atom is -0.289 e. The Bertz CT molecular complexity index is 846. The summed E-state index contributed by atoms with van der Waals surface area (Å²) in [5.41, 5.74) is 1.07.